The average Bonchev–Trinajstić information content (AvgIpc) is 3.40. The van der Waals surface area contributed by atoms with Crippen molar-refractivity contribution in [3.8, 4) is 5.75 Å². The van der Waals surface area contributed by atoms with Crippen molar-refractivity contribution in [2.45, 2.75) is 36.2 Å². The summed E-state index contributed by atoms with van der Waals surface area (Å²) in [5.74, 6) is 0.0676. The van der Waals surface area contributed by atoms with Crippen molar-refractivity contribution in [2.75, 3.05) is 13.7 Å². The summed E-state index contributed by atoms with van der Waals surface area (Å²) in [5, 5.41) is 4.66. The quantitative estimate of drug-likeness (QED) is 0.466. The van der Waals surface area contributed by atoms with Crippen LogP contribution in [0.3, 0.4) is 0 Å². The summed E-state index contributed by atoms with van der Waals surface area (Å²) in [5.41, 5.74) is 4.76. The van der Waals surface area contributed by atoms with Gasteiger partial charge < -0.3 is 15.8 Å². The Morgan fingerprint density at radius 1 is 1.37 bits per heavy atom. The molecule has 3 amide bonds. The summed E-state index contributed by atoms with van der Waals surface area (Å²) in [4.78, 5) is 23.7. The molecule has 2 atom stereocenters. The van der Waals surface area contributed by atoms with Gasteiger partial charge in [-0.1, -0.05) is 0 Å². The van der Waals surface area contributed by atoms with E-state index in [9.17, 15) is 18.0 Å². The Balaban J connectivity index is 0.00000261. The van der Waals surface area contributed by atoms with Crippen molar-refractivity contribution in [2.24, 2.45) is 11.7 Å². The number of hydrogen-bond acceptors (Lipinski definition) is 6. The van der Waals surface area contributed by atoms with E-state index in [0.717, 1.165) is 12.8 Å². The number of methoxy groups -OCH3 is 1. The fourth-order valence-corrected chi connectivity index (χ4v) is 4.06. The van der Waals surface area contributed by atoms with Crippen LogP contribution < -0.4 is 25.8 Å². The number of imide groups is 1. The Hall–Kier alpha value is -1.88. The summed E-state index contributed by atoms with van der Waals surface area (Å²) in [6.07, 6.45) is 2.03. The number of carbonyl (C=O) groups excluding carboxylic acids is 2. The molecule has 1 aromatic carbocycles. The van der Waals surface area contributed by atoms with Crippen molar-refractivity contribution >= 4 is 34.4 Å². The second-order valence-corrected chi connectivity index (χ2v) is 8.52. The molecule has 27 heavy (non-hydrogen) atoms. The number of nitrogens with two attached hydrogens (primary N) is 1. The van der Waals surface area contributed by atoms with Crippen molar-refractivity contribution in [1.82, 2.24) is 15.4 Å². The van der Waals surface area contributed by atoms with E-state index in [0.29, 0.717) is 11.7 Å². The van der Waals surface area contributed by atoms with E-state index in [1.807, 2.05) is 0 Å². The first-order chi connectivity index (χ1) is 12.2. The fourth-order valence-electron chi connectivity index (χ4n) is 2.96. The third-order valence-corrected chi connectivity index (χ3v) is 6.22. The molecule has 11 heteroatoms. The van der Waals surface area contributed by atoms with E-state index in [-0.39, 0.29) is 35.5 Å². The lowest BCUT2D eigenvalue weighted by atomic mass is 9.91. The molecule has 0 bridgehead atoms. The Kier molecular flexibility index (Phi) is 6.05. The zero-order valence-electron chi connectivity index (χ0n) is 14.9. The zero-order valence-corrected chi connectivity index (χ0v) is 16.6. The van der Waals surface area contributed by atoms with Gasteiger partial charge in [-0.3, -0.25) is 10.1 Å². The minimum absolute atomic E-state index is 0. The SMILES string of the molecule is COc1ccc(S(=O)(=O)NCC(N)C2CC2)cc1C1(C)NC(=O)NC1=O.Cl. The minimum Gasteiger partial charge on any atom is -0.496 e. The molecule has 1 saturated heterocycles. The maximum atomic E-state index is 12.6. The topological polar surface area (TPSA) is 140 Å². The van der Waals surface area contributed by atoms with Crippen LogP contribution in [0, 0.1) is 5.92 Å². The number of carbonyl (C=O) groups is 2. The van der Waals surface area contributed by atoms with Gasteiger partial charge in [0.1, 0.15) is 11.3 Å². The van der Waals surface area contributed by atoms with E-state index < -0.39 is 27.5 Å². The first-order valence-electron chi connectivity index (χ1n) is 8.25. The van der Waals surface area contributed by atoms with E-state index in [1.54, 1.807) is 0 Å². The van der Waals surface area contributed by atoms with Crippen LogP contribution in [-0.4, -0.2) is 40.1 Å². The van der Waals surface area contributed by atoms with Crippen LogP contribution in [0.15, 0.2) is 23.1 Å². The summed E-state index contributed by atoms with van der Waals surface area (Å²) in [6.45, 7) is 1.63. The molecule has 3 rings (SSSR count). The van der Waals surface area contributed by atoms with Crippen LogP contribution in [0.1, 0.15) is 25.3 Å². The highest BCUT2D eigenvalue weighted by Crippen LogP contribution is 2.34. The van der Waals surface area contributed by atoms with Crippen molar-refractivity contribution in [1.29, 1.82) is 0 Å². The molecule has 2 fully saturated rings. The van der Waals surface area contributed by atoms with Crippen LogP contribution in [-0.2, 0) is 20.4 Å². The average molecular weight is 419 g/mol. The lowest BCUT2D eigenvalue weighted by Gasteiger charge is -2.24. The van der Waals surface area contributed by atoms with Gasteiger partial charge in [0.2, 0.25) is 10.0 Å². The summed E-state index contributed by atoms with van der Waals surface area (Å²) >= 11 is 0. The van der Waals surface area contributed by atoms with Gasteiger partial charge in [0, 0.05) is 18.2 Å². The van der Waals surface area contributed by atoms with Crippen LogP contribution in [0.4, 0.5) is 4.79 Å². The Morgan fingerprint density at radius 3 is 2.56 bits per heavy atom. The Morgan fingerprint density at radius 2 is 2.04 bits per heavy atom. The highest BCUT2D eigenvalue weighted by molar-refractivity contribution is 7.89. The van der Waals surface area contributed by atoms with Crippen molar-refractivity contribution in [3.05, 3.63) is 23.8 Å². The molecule has 9 nitrogen and oxygen atoms in total. The number of amides is 3. The summed E-state index contributed by atoms with van der Waals surface area (Å²) in [7, 11) is -2.43. The smallest absolute Gasteiger partial charge is 0.322 e. The molecule has 150 valence electrons. The number of hydrogen-bond donors (Lipinski definition) is 4. The van der Waals surface area contributed by atoms with Gasteiger partial charge in [0.25, 0.3) is 5.91 Å². The number of sulfonamides is 1. The monoisotopic (exact) mass is 418 g/mol. The lowest BCUT2D eigenvalue weighted by molar-refractivity contribution is -0.123. The van der Waals surface area contributed by atoms with Gasteiger partial charge in [-0.25, -0.2) is 17.9 Å². The number of ether oxygens (including phenoxy) is 1. The van der Waals surface area contributed by atoms with Gasteiger partial charge >= 0.3 is 6.03 Å². The molecule has 1 aromatic rings. The number of nitrogens with one attached hydrogen (secondary N) is 3. The lowest BCUT2D eigenvalue weighted by Crippen LogP contribution is -2.41. The molecule has 2 unspecified atom stereocenters. The maximum Gasteiger partial charge on any atom is 0.322 e. The highest BCUT2D eigenvalue weighted by Gasteiger charge is 2.45. The van der Waals surface area contributed by atoms with E-state index in [4.69, 9.17) is 10.5 Å². The molecule has 1 saturated carbocycles. The van der Waals surface area contributed by atoms with Gasteiger partial charge in [-0.15, -0.1) is 12.4 Å². The number of halogens is 1. The Labute approximate surface area is 163 Å². The van der Waals surface area contributed by atoms with Gasteiger partial charge in [-0.2, -0.15) is 0 Å². The van der Waals surface area contributed by atoms with E-state index >= 15 is 0 Å². The third-order valence-electron chi connectivity index (χ3n) is 4.80. The van der Waals surface area contributed by atoms with Crippen molar-refractivity contribution < 1.29 is 22.7 Å². The number of urea groups is 1. The predicted octanol–water partition coefficient (Wildman–Crippen LogP) is 0.187. The Bertz CT molecular complexity index is 858. The van der Waals surface area contributed by atoms with Crippen LogP contribution in [0.25, 0.3) is 0 Å². The second-order valence-electron chi connectivity index (χ2n) is 6.75. The maximum absolute atomic E-state index is 12.6. The molecule has 0 aromatic heterocycles. The first kappa shape index (κ1) is 21.4. The van der Waals surface area contributed by atoms with E-state index in [2.05, 4.69) is 15.4 Å². The molecular weight excluding hydrogens is 396 g/mol. The molecular formula is C16H23ClN4O5S. The normalized spacial score (nSPS) is 23.2. The van der Waals surface area contributed by atoms with Crippen LogP contribution in [0.5, 0.6) is 5.75 Å². The fraction of sp³-hybridized carbons (Fsp3) is 0.500. The molecule has 0 spiro atoms. The highest BCUT2D eigenvalue weighted by atomic mass is 35.5. The third kappa shape index (κ3) is 4.18. The number of benzene rings is 1. The summed E-state index contributed by atoms with van der Waals surface area (Å²) in [6, 6.07) is 3.29. The van der Waals surface area contributed by atoms with E-state index in [1.165, 1.54) is 32.2 Å². The van der Waals surface area contributed by atoms with Crippen molar-refractivity contribution in [3.63, 3.8) is 0 Å². The number of rotatable bonds is 7. The van der Waals surface area contributed by atoms with Crippen LogP contribution >= 0.6 is 12.4 Å². The molecule has 1 heterocycles. The largest absolute Gasteiger partial charge is 0.496 e. The molecule has 1 aliphatic carbocycles. The first-order valence-corrected chi connectivity index (χ1v) is 9.73. The standard InChI is InChI=1S/C16H22N4O5S.ClH/c1-16(14(21)19-15(22)20-16)11-7-10(5-6-13(11)25-2)26(23,24)18-8-12(17)9-3-4-9;/h5-7,9,12,18H,3-4,8,17H2,1-2H3,(H2,19,20,21,22);1H. The molecule has 1 aliphatic heterocycles. The predicted molar refractivity (Wildman–Crippen MR) is 100 cm³/mol. The van der Waals surface area contributed by atoms with Crippen LogP contribution in [0.2, 0.25) is 0 Å². The summed E-state index contributed by atoms with van der Waals surface area (Å²) < 4.78 is 33.0. The minimum atomic E-state index is -3.83. The molecule has 2 aliphatic rings. The molecule has 0 radical (unpaired) electrons. The zero-order chi connectivity index (χ0) is 19.1. The van der Waals surface area contributed by atoms with Gasteiger partial charge in [-0.05, 0) is 43.9 Å². The molecule has 5 N–H and O–H groups in total. The van der Waals surface area contributed by atoms with Gasteiger partial charge in [0.15, 0.2) is 0 Å². The van der Waals surface area contributed by atoms with Gasteiger partial charge in [0.05, 0.1) is 12.0 Å². The second kappa shape index (κ2) is 7.63.